The number of aliphatic hydroxyl groups excluding tert-OH is 1. The van der Waals surface area contributed by atoms with Crippen molar-refractivity contribution in [2.45, 2.75) is 31.9 Å². The van der Waals surface area contributed by atoms with Gasteiger partial charge in [0.25, 0.3) is 0 Å². The molecule has 0 aromatic heterocycles. The van der Waals surface area contributed by atoms with E-state index in [4.69, 9.17) is 16.3 Å². The number of rotatable bonds is 6. The first-order valence-corrected chi connectivity index (χ1v) is 6.81. The van der Waals surface area contributed by atoms with Crippen molar-refractivity contribution in [2.75, 3.05) is 13.2 Å². The van der Waals surface area contributed by atoms with Crippen LogP contribution in [-0.4, -0.2) is 30.4 Å². The molecule has 0 amide bonds. The maximum absolute atomic E-state index is 9.81. The van der Waals surface area contributed by atoms with Crippen molar-refractivity contribution in [1.82, 2.24) is 5.32 Å². The molecule has 1 aromatic carbocycles. The molecule has 2 N–H and O–H groups in total. The molecule has 0 bridgehead atoms. The highest BCUT2D eigenvalue weighted by atomic mass is 35.5. The Bertz CT molecular complexity index is 380. The minimum absolute atomic E-state index is 0.263. The van der Waals surface area contributed by atoms with Crippen LogP contribution < -0.4 is 10.1 Å². The summed E-state index contributed by atoms with van der Waals surface area (Å²) in [4.78, 5) is 0. The Morgan fingerprint density at radius 2 is 2.17 bits per heavy atom. The van der Waals surface area contributed by atoms with E-state index in [1.54, 1.807) is 12.1 Å². The number of hydrogen-bond donors (Lipinski definition) is 2. The molecule has 0 radical (unpaired) electrons. The molecule has 1 aliphatic carbocycles. The van der Waals surface area contributed by atoms with Gasteiger partial charge in [-0.3, -0.25) is 0 Å². The highest BCUT2D eigenvalue weighted by molar-refractivity contribution is 6.32. The number of aliphatic hydroxyl groups is 1. The zero-order chi connectivity index (χ0) is 13.0. The van der Waals surface area contributed by atoms with Crippen molar-refractivity contribution in [1.29, 1.82) is 0 Å². The summed E-state index contributed by atoms with van der Waals surface area (Å²) in [7, 11) is 0. The molecule has 1 atom stereocenters. The van der Waals surface area contributed by atoms with E-state index in [2.05, 4.69) is 12.2 Å². The third-order valence-electron chi connectivity index (χ3n) is 3.28. The number of halogens is 1. The summed E-state index contributed by atoms with van der Waals surface area (Å²) >= 11 is 5.96. The molecule has 1 unspecified atom stereocenters. The fraction of sp³-hybridized carbons (Fsp3) is 0.571. The number of nitrogens with one attached hydrogen (secondary N) is 1. The van der Waals surface area contributed by atoms with Gasteiger partial charge in [-0.2, -0.15) is 0 Å². The van der Waals surface area contributed by atoms with Crippen LogP contribution in [0.25, 0.3) is 0 Å². The summed E-state index contributed by atoms with van der Waals surface area (Å²) in [5, 5.41) is 13.7. The van der Waals surface area contributed by atoms with Gasteiger partial charge < -0.3 is 15.2 Å². The van der Waals surface area contributed by atoms with E-state index >= 15 is 0 Å². The monoisotopic (exact) mass is 269 g/mol. The van der Waals surface area contributed by atoms with Crippen molar-refractivity contribution in [3.8, 4) is 5.75 Å². The predicted molar refractivity (Wildman–Crippen MR) is 73.1 cm³/mol. The SMILES string of the molecule is CC1CC(NCC(O)COc2ccccc2Cl)C1. The van der Waals surface area contributed by atoms with Crippen LogP contribution in [0.5, 0.6) is 5.75 Å². The second-order valence-electron chi connectivity index (χ2n) is 5.08. The second-order valence-corrected chi connectivity index (χ2v) is 5.48. The summed E-state index contributed by atoms with van der Waals surface area (Å²) in [6, 6.07) is 7.86. The topological polar surface area (TPSA) is 41.5 Å². The summed E-state index contributed by atoms with van der Waals surface area (Å²) in [6.45, 7) is 3.08. The Morgan fingerprint density at radius 3 is 2.83 bits per heavy atom. The van der Waals surface area contributed by atoms with Crippen LogP contribution in [-0.2, 0) is 0 Å². The summed E-state index contributed by atoms with van der Waals surface area (Å²) in [5.74, 6) is 1.44. The Labute approximate surface area is 113 Å². The Hall–Kier alpha value is -0.770. The highest BCUT2D eigenvalue weighted by Crippen LogP contribution is 2.26. The average molecular weight is 270 g/mol. The van der Waals surface area contributed by atoms with E-state index in [1.165, 1.54) is 12.8 Å². The molecule has 18 heavy (non-hydrogen) atoms. The van der Waals surface area contributed by atoms with E-state index < -0.39 is 6.10 Å². The lowest BCUT2D eigenvalue weighted by molar-refractivity contribution is 0.0956. The van der Waals surface area contributed by atoms with Crippen molar-refractivity contribution >= 4 is 11.6 Å². The fourth-order valence-corrected chi connectivity index (χ4v) is 2.37. The number of para-hydroxylation sites is 1. The van der Waals surface area contributed by atoms with Gasteiger partial charge in [0.2, 0.25) is 0 Å². The summed E-state index contributed by atoms with van der Waals surface area (Å²) in [6.07, 6.45) is 1.91. The molecular weight excluding hydrogens is 250 g/mol. The Kier molecular flexibility index (Phi) is 4.87. The minimum Gasteiger partial charge on any atom is -0.489 e. The lowest BCUT2D eigenvalue weighted by Crippen LogP contribution is -2.44. The second kappa shape index (κ2) is 6.41. The molecule has 1 fully saturated rings. The minimum atomic E-state index is -0.503. The molecule has 4 heteroatoms. The molecule has 1 aliphatic rings. The van der Waals surface area contributed by atoms with Crippen molar-refractivity contribution in [3.63, 3.8) is 0 Å². The third kappa shape index (κ3) is 3.87. The van der Waals surface area contributed by atoms with Gasteiger partial charge in [0, 0.05) is 12.6 Å². The van der Waals surface area contributed by atoms with Crippen LogP contribution in [0.3, 0.4) is 0 Å². The fourth-order valence-electron chi connectivity index (χ4n) is 2.18. The number of hydrogen-bond acceptors (Lipinski definition) is 3. The van der Waals surface area contributed by atoms with Gasteiger partial charge in [0.05, 0.1) is 5.02 Å². The molecular formula is C14H20ClNO2. The van der Waals surface area contributed by atoms with Gasteiger partial charge >= 0.3 is 0 Å². The molecule has 1 saturated carbocycles. The summed E-state index contributed by atoms with van der Waals surface area (Å²) < 4.78 is 5.48. The number of ether oxygens (including phenoxy) is 1. The number of benzene rings is 1. The van der Waals surface area contributed by atoms with Crippen LogP contribution in [0.1, 0.15) is 19.8 Å². The Balaban J connectivity index is 1.65. The maximum Gasteiger partial charge on any atom is 0.138 e. The molecule has 0 heterocycles. The van der Waals surface area contributed by atoms with E-state index in [0.717, 1.165) is 5.92 Å². The highest BCUT2D eigenvalue weighted by Gasteiger charge is 2.25. The predicted octanol–water partition coefficient (Wildman–Crippen LogP) is 2.47. The van der Waals surface area contributed by atoms with Gasteiger partial charge in [-0.05, 0) is 30.9 Å². The zero-order valence-electron chi connectivity index (χ0n) is 10.6. The first-order valence-electron chi connectivity index (χ1n) is 6.44. The van der Waals surface area contributed by atoms with Crippen LogP contribution in [0, 0.1) is 5.92 Å². The van der Waals surface area contributed by atoms with Crippen LogP contribution in [0.4, 0.5) is 0 Å². The van der Waals surface area contributed by atoms with E-state index in [9.17, 15) is 5.11 Å². The molecule has 100 valence electrons. The normalized spacial score (nSPS) is 24.4. The van der Waals surface area contributed by atoms with E-state index in [-0.39, 0.29) is 6.61 Å². The first kappa shape index (κ1) is 13.7. The maximum atomic E-state index is 9.81. The molecule has 0 aliphatic heterocycles. The van der Waals surface area contributed by atoms with Crippen molar-refractivity contribution in [2.24, 2.45) is 5.92 Å². The standard InChI is InChI=1S/C14H20ClNO2/c1-10-6-11(7-10)16-8-12(17)9-18-14-5-3-2-4-13(14)15/h2-5,10-12,16-17H,6-9H2,1H3. The van der Waals surface area contributed by atoms with Crippen LogP contribution in [0.15, 0.2) is 24.3 Å². The zero-order valence-corrected chi connectivity index (χ0v) is 11.4. The Morgan fingerprint density at radius 1 is 1.44 bits per heavy atom. The van der Waals surface area contributed by atoms with Gasteiger partial charge in [0.1, 0.15) is 18.5 Å². The lowest BCUT2D eigenvalue weighted by atomic mass is 9.82. The molecule has 1 aromatic rings. The summed E-state index contributed by atoms with van der Waals surface area (Å²) in [5.41, 5.74) is 0. The van der Waals surface area contributed by atoms with Gasteiger partial charge in [-0.1, -0.05) is 30.7 Å². The first-order chi connectivity index (χ1) is 8.65. The molecule has 0 saturated heterocycles. The molecule has 3 nitrogen and oxygen atoms in total. The van der Waals surface area contributed by atoms with Gasteiger partial charge in [0.15, 0.2) is 0 Å². The van der Waals surface area contributed by atoms with Gasteiger partial charge in [-0.15, -0.1) is 0 Å². The third-order valence-corrected chi connectivity index (χ3v) is 3.60. The quantitative estimate of drug-likeness (QED) is 0.834. The van der Waals surface area contributed by atoms with Crippen LogP contribution in [0.2, 0.25) is 5.02 Å². The van der Waals surface area contributed by atoms with Gasteiger partial charge in [-0.25, -0.2) is 0 Å². The van der Waals surface area contributed by atoms with Crippen LogP contribution >= 0.6 is 11.6 Å². The largest absolute Gasteiger partial charge is 0.489 e. The van der Waals surface area contributed by atoms with Crippen molar-refractivity contribution in [3.05, 3.63) is 29.3 Å². The average Bonchev–Trinajstić information content (AvgIpc) is 2.32. The lowest BCUT2D eigenvalue weighted by Gasteiger charge is -2.34. The molecule has 2 rings (SSSR count). The van der Waals surface area contributed by atoms with E-state index in [0.29, 0.717) is 23.4 Å². The molecule has 0 spiro atoms. The van der Waals surface area contributed by atoms with E-state index in [1.807, 2.05) is 12.1 Å². The van der Waals surface area contributed by atoms with Crippen molar-refractivity contribution < 1.29 is 9.84 Å². The smallest absolute Gasteiger partial charge is 0.138 e.